The zero-order valence-corrected chi connectivity index (χ0v) is 15.4. The number of hydrogen-bond acceptors (Lipinski definition) is 4. The highest BCUT2D eigenvalue weighted by Crippen LogP contribution is 2.60. The van der Waals surface area contributed by atoms with Crippen molar-refractivity contribution in [2.75, 3.05) is 5.88 Å². The Morgan fingerprint density at radius 1 is 1.33 bits per heavy atom. The van der Waals surface area contributed by atoms with Crippen molar-refractivity contribution in [3.05, 3.63) is 16.1 Å². The van der Waals surface area contributed by atoms with Crippen LogP contribution in [0.3, 0.4) is 0 Å². The van der Waals surface area contributed by atoms with Gasteiger partial charge < -0.3 is 0 Å². The summed E-state index contributed by atoms with van der Waals surface area (Å²) in [5.41, 5.74) is 1.41. The summed E-state index contributed by atoms with van der Waals surface area (Å²) < 4.78 is 0. The molecule has 0 unspecified atom stereocenters. The van der Waals surface area contributed by atoms with Gasteiger partial charge in [-0.3, -0.25) is 4.79 Å². The maximum Gasteiger partial charge on any atom is 0.156 e. The van der Waals surface area contributed by atoms with Gasteiger partial charge in [0.15, 0.2) is 11.7 Å². The molecule has 0 spiro atoms. The SMILES string of the molecule is N#C[C@@H](C(=O)CCCCl)c1nc(C23CC4CC(CC(C4)C2)C3)cs1. The zero-order chi connectivity index (χ0) is 16.7. The van der Waals surface area contributed by atoms with E-state index in [9.17, 15) is 10.1 Å². The molecule has 5 rings (SSSR count). The van der Waals surface area contributed by atoms with Gasteiger partial charge >= 0.3 is 0 Å². The highest BCUT2D eigenvalue weighted by molar-refractivity contribution is 7.10. The summed E-state index contributed by atoms with van der Waals surface area (Å²) in [6.45, 7) is 0. The van der Waals surface area contributed by atoms with E-state index >= 15 is 0 Å². The van der Waals surface area contributed by atoms with Crippen molar-refractivity contribution in [2.45, 2.75) is 62.7 Å². The largest absolute Gasteiger partial charge is 0.298 e. The van der Waals surface area contributed by atoms with Crippen LogP contribution in [0.15, 0.2) is 5.38 Å². The Hall–Kier alpha value is -0.920. The number of thiazole rings is 1. The molecule has 3 nitrogen and oxygen atoms in total. The van der Waals surface area contributed by atoms with Crippen LogP contribution in [0.25, 0.3) is 0 Å². The van der Waals surface area contributed by atoms with Crippen LogP contribution in [-0.2, 0) is 10.2 Å². The molecule has 128 valence electrons. The van der Waals surface area contributed by atoms with E-state index < -0.39 is 5.92 Å². The molecule has 4 fully saturated rings. The van der Waals surface area contributed by atoms with Gasteiger partial charge in [0.25, 0.3) is 0 Å². The second-order valence-corrected chi connectivity index (χ2v) is 9.36. The monoisotopic (exact) mass is 362 g/mol. The van der Waals surface area contributed by atoms with Crippen LogP contribution in [0, 0.1) is 29.1 Å². The molecule has 4 bridgehead atoms. The maximum atomic E-state index is 12.3. The molecule has 5 heteroatoms. The van der Waals surface area contributed by atoms with Crippen LogP contribution < -0.4 is 0 Å². The van der Waals surface area contributed by atoms with Gasteiger partial charge in [0.05, 0.1) is 11.8 Å². The normalized spacial score (nSPS) is 34.9. The van der Waals surface area contributed by atoms with Crippen LogP contribution >= 0.6 is 22.9 Å². The first kappa shape index (κ1) is 16.5. The molecule has 0 radical (unpaired) electrons. The zero-order valence-electron chi connectivity index (χ0n) is 13.8. The summed E-state index contributed by atoms with van der Waals surface area (Å²) in [5, 5.41) is 12.3. The molecule has 0 aliphatic heterocycles. The van der Waals surface area contributed by atoms with E-state index in [1.165, 1.54) is 55.6 Å². The van der Waals surface area contributed by atoms with Crippen molar-refractivity contribution in [1.29, 1.82) is 5.26 Å². The molecule has 4 saturated carbocycles. The van der Waals surface area contributed by atoms with E-state index in [0.29, 0.717) is 23.7 Å². The number of hydrogen-bond donors (Lipinski definition) is 0. The standard InChI is InChI=1S/C19H23ClN2OS/c20-3-1-2-16(23)15(10-21)18-22-17(11-24-18)19-7-12-4-13(8-19)6-14(5-12)9-19/h11-15H,1-9H2/t12?,13?,14?,15-,19?/m0/s1. The number of nitrogens with zero attached hydrogens (tertiary/aromatic N) is 2. The number of aromatic nitrogens is 1. The van der Waals surface area contributed by atoms with Gasteiger partial charge in [0.2, 0.25) is 0 Å². The molecule has 24 heavy (non-hydrogen) atoms. The molecule has 1 atom stereocenters. The fourth-order valence-electron chi connectivity index (χ4n) is 5.74. The van der Waals surface area contributed by atoms with Crippen molar-refractivity contribution in [1.82, 2.24) is 4.98 Å². The predicted molar refractivity (Wildman–Crippen MR) is 95.3 cm³/mol. The van der Waals surface area contributed by atoms with Gasteiger partial charge in [-0.25, -0.2) is 4.98 Å². The third-order valence-corrected chi connectivity index (χ3v) is 7.54. The van der Waals surface area contributed by atoms with Crippen LogP contribution in [0.5, 0.6) is 0 Å². The Morgan fingerprint density at radius 2 is 1.96 bits per heavy atom. The molecule has 1 heterocycles. The Morgan fingerprint density at radius 3 is 2.50 bits per heavy atom. The van der Waals surface area contributed by atoms with E-state index in [-0.39, 0.29) is 11.2 Å². The molecule has 0 aromatic carbocycles. The fourth-order valence-corrected chi connectivity index (χ4v) is 6.88. The highest BCUT2D eigenvalue weighted by Gasteiger charge is 2.52. The predicted octanol–water partition coefficient (Wildman–Crippen LogP) is 4.81. The summed E-state index contributed by atoms with van der Waals surface area (Å²) >= 11 is 7.18. The first-order valence-electron chi connectivity index (χ1n) is 9.08. The number of carbonyl (C=O) groups is 1. The number of alkyl halides is 1. The fraction of sp³-hybridized carbons (Fsp3) is 0.737. The Balaban J connectivity index is 1.56. The first-order chi connectivity index (χ1) is 11.6. The second-order valence-electron chi connectivity index (χ2n) is 8.09. The van der Waals surface area contributed by atoms with E-state index in [2.05, 4.69) is 11.4 Å². The number of carbonyl (C=O) groups excluding carboxylic acids is 1. The molecule has 4 aliphatic carbocycles. The molecule has 0 saturated heterocycles. The Kier molecular flexibility index (Phi) is 4.43. The van der Waals surface area contributed by atoms with Gasteiger partial charge in [-0.15, -0.1) is 22.9 Å². The van der Waals surface area contributed by atoms with E-state index in [1.54, 1.807) is 0 Å². The minimum Gasteiger partial charge on any atom is -0.298 e. The molecular weight excluding hydrogens is 340 g/mol. The van der Waals surface area contributed by atoms with Gasteiger partial charge in [-0.05, 0) is 62.7 Å². The third-order valence-electron chi connectivity index (χ3n) is 6.36. The van der Waals surface area contributed by atoms with E-state index in [4.69, 9.17) is 16.6 Å². The molecule has 4 aliphatic rings. The summed E-state index contributed by atoms with van der Waals surface area (Å²) in [6, 6.07) is 2.17. The minimum absolute atomic E-state index is 0.0374. The molecule has 0 amide bonds. The van der Waals surface area contributed by atoms with Gasteiger partial charge in [-0.1, -0.05) is 0 Å². The second kappa shape index (κ2) is 6.42. The van der Waals surface area contributed by atoms with E-state index in [0.717, 1.165) is 17.8 Å². The number of halogens is 1. The lowest BCUT2D eigenvalue weighted by Crippen LogP contribution is -2.48. The number of rotatable bonds is 6. The average molecular weight is 363 g/mol. The molecular formula is C19H23ClN2OS. The van der Waals surface area contributed by atoms with E-state index in [1.807, 2.05) is 0 Å². The van der Waals surface area contributed by atoms with Crippen molar-refractivity contribution in [3.63, 3.8) is 0 Å². The van der Waals surface area contributed by atoms with Crippen molar-refractivity contribution < 1.29 is 4.79 Å². The van der Waals surface area contributed by atoms with Crippen LogP contribution in [0.2, 0.25) is 0 Å². The summed E-state index contributed by atoms with van der Waals surface area (Å²) in [5.74, 6) is 2.33. The van der Waals surface area contributed by atoms with Crippen LogP contribution in [0.1, 0.15) is 68.0 Å². The number of ketones is 1. The first-order valence-corrected chi connectivity index (χ1v) is 10.5. The van der Waals surface area contributed by atoms with Crippen LogP contribution in [-0.4, -0.2) is 16.6 Å². The number of Topliss-reactive ketones (excluding diaryl/α,β-unsaturated/α-hetero) is 1. The lowest BCUT2D eigenvalue weighted by Gasteiger charge is -2.56. The van der Waals surface area contributed by atoms with Crippen molar-refractivity contribution in [2.24, 2.45) is 17.8 Å². The highest BCUT2D eigenvalue weighted by atomic mass is 35.5. The summed E-state index contributed by atoms with van der Waals surface area (Å²) in [7, 11) is 0. The quantitative estimate of drug-likeness (QED) is 0.682. The third kappa shape index (κ3) is 2.80. The van der Waals surface area contributed by atoms with Gasteiger partial charge in [0, 0.05) is 23.1 Å². The van der Waals surface area contributed by atoms with Gasteiger partial charge in [-0.2, -0.15) is 5.26 Å². The maximum absolute atomic E-state index is 12.3. The lowest BCUT2D eigenvalue weighted by molar-refractivity contribution is -0.119. The van der Waals surface area contributed by atoms with Gasteiger partial charge in [0.1, 0.15) is 5.01 Å². The Bertz CT molecular complexity index is 642. The molecule has 1 aromatic rings. The molecule has 0 N–H and O–H groups in total. The van der Waals surface area contributed by atoms with Crippen molar-refractivity contribution >= 4 is 28.7 Å². The van der Waals surface area contributed by atoms with Crippen molar-refractivity contribution in [3.8, 4) is 6.07 Å². The summed E-state index contributed by atoms with van der Waals surface area (Å²) in [6.07, 6.45) is 9.02. The topological polar surface area (TPSA) is 53.8 Å². The lowest BCUT2D eigenvalue weighted by atomic mass is 9.49. The smallest absolute Gasteiger partial charge is 0.156 e. The van der Waals surface area contributed by atoms with Crippen LogP contribution in [0.4, 0.5) is 0 Å². The Labute approximate surface area is 152 Å². The number of nitriles is 1. The molecule has 1 aromatic heterocycles. The summed E-state index contributed by atoms with van der Waals surface area (Å²) in [4.78, 5) is 17.1. The average Bonchev–Trinajstić information content (AvgIpc) is 3.03. The minimum atomic E-state index is -0.708.